The van der Waals surface area contributed by atoms with Crippen LogP contribution in [0.4, 0.5) is 8.78 Å². The van der Waals surface area contributed by atoms with E-state index in [-0.39, 0.29) is 40.6 Å². The van der Waals surface area contributed by atoms with Crippen molar-refractivity contribution in [3.05, 3.63) is 111 Å². The lowest BCUT2D eigenvalue weighted by atomic mass is 9.87. The van der Waals surface area contributed by atoms with Crippen molar-refractivity contribution in [2.45, 2.75) is 39.8 Å². The number of imidazole rings is 1. The molecule has 2 aromatic heterocycles. The van der Waals surface area contributed by atoms with Crippen LogP contribution in [0.15, 0.2) is 60.7 Å². The van der Waals surface area contributed by atoms with Gasteiger partial charge in [-0.05, 0) is 66.6 Å². The van der Waals surface area contributed by atoms with Crippen LogP contribution in [0.3, 0.4) is 0 Å². The standard InChI is InChI=1S/C35H29ClF2N4O4/c1-19-10-23(13-32-40-29-8-6-21(34(43)44)12-30(29)42(32)31-17-45-18-35(31,2)3)25(36)14-24(19)28-9-7-26(37)33(41-28)46-16-22-5-4-20(15-39)11-27(22)38/h4-12,14,31H,13,16-18H2,1-3H3,(H,43,44)/t31-/m1/s1. The Hall–Kier alpha value is -4.85. The molecule has 8 nitrogen and oxygen atoms in total. The van der Waals surface area contributed by atoms with Crippen LogP contribution in [-0.2, 0) is 17.8 Å². The van der Waals surface area contributed by atoms with Crippen LogP contribution in [0.5, 0.6) is 5.88 Å². The van der Waals surface area contributed by atoms with Gasteiger partial charge in [0, 0.05) is 28.0 Å². The van der Waals surface area contributed by atoms with Crippen LogP contribution < -0.4 is 4.74 Å². The number of hydrogen-bond acceptors (Lipinski definition) is 6. The molecular formula is C35H29ClF2N4O4. The second kappa shape index (κ2) is 12.2. The minimum Gasteiger partial charge on any atom is -0.478 e. The van der Waals surface area contributed by atoms with E-state index >= 15 is 0 Å². The van der Waals surface area contributed by atoms with Crippen LogP contribution in [-0.4, -0.2) is 38.8 Å². The molecule has 0 bridgehead atoms. The number of carbonyl (C=O) groups is 1. The van der Waals surface area contributed by atoms with Gasteiger partial charge in [-0.25, -0.2) is 23.5 Å². The van der Waals surface area contributed by atoms with Crippen LogP contribution in [0.25, 0.3) is 22.3 Å². The molecule has 3 heterocycles. The zero-order valence-corrected chi connectivity index (χ0v) is 26.0. The van der Waals surface area contributed by atoms with Gasteiger partial charge in [-0.15, -0.1) is 0 Å². The highest BCUT2D eigenvalue weighted by Crippen LogP contribution is 2.41. The third-order valence-electron chi connectivity index (χ3n) is 8.35. The molecule has 0 amide bonds. The summed E-state index contributed by atoms with van der Waals surface area (Å²) in [6.45, 7) is 6.86. The van der Waals surface area contributed by atoms with E-state index in [0.717, 1.165) is 23.0 Å². The third-order valence-corrected chi connectivity index (χ3v) is 8.70. The number of nitriles is 1. The number of carboxylic acid groups (broad SMARTS) is 1. The summed E-state index contributed by atoms with van der Waals surface area (Å²) in [7, 11) is 0. The van der Waals surface area contributed by atoms with Gasteiger partial charge < -0.3 is 19.1 Å². The first-order valence-corrected chi connectivity index (χ1v) is 14.9. The Kier molecular flexibility index (Phi) is 8.23. The molecule has 1 atom stereocenters. The molecule has 0 radical (unpaired) electrons. The van der Waals surface area contributed by atoms with Crippen molar-refractivity contribution < 1.29 is 28.2 Å². The van der Waals surface area contributed by atoms with Gasteiger partial charge in [0.1, 0.15) is 18.2 Å². The molecule has 0 aliphatic carbocycles. The molecule has 0 spiro atoms. The summed E-state index contributed by atoms with van der Waals surface area (Å²) < 4.78 is 42.5. The van der Waals surface area contributed by atoms with E-state index in [1.807, 2.05) is 19.1 Å². The van der Waals surface area contributed by atoms with Crippen molar-refractivity contribution in [3.8, 4) is 23.2 Å². The van der Waals surface area contributed by atoms with Crippen molar-refractivity contribution >= 4 is 28.6 Å². The number of fused-ring (bicyclic) bond motifs is 1. The largest absolute Gasteiger partial charge is 0.478 e. The monoisotopic (exact) mass is 642 g/mol. The number of pyridine rings is 1. The maximum absolute atomic E-state index is 14.7. The average molecular weight is 643 g/mol. The van der Waals surface area contributed by atoms with Gasteiger partial charge in [0.15, 0.2) is 5.82 Å². The number of ether oxygens (including phenoxy) is 2. The Morgan fingerprint density at radius 2 is 1.91 bits per heavy atom. The minimum atomic E-state index is -1.02. The molecule has 0 unspecified atom stereocenters. The van der Waals surface area contributed by atoms with Crippen molar-refractivity contribution in [2.75, 3.05) is 13.2 Å². The molecule has 1 aliphatic heterocycles. The van der Waals surface area contributed by atoms with E-state index in [4.69, 9.17) is 31.3 Å². The van der Waals surface area contributed by atoms with E-state index in [2.05, 4.69) is 23.4 Å². The van der Waals surface area contributed by atoms with Crippen LogP contribution in [0, 0.1) is 35.3 Å². The Morgan fingerprint density at radius 1 is 1.11 bits per heavy atom. The smallest absolute Gasteiger partial charge is 0.335 e. The number of aromatic nitrogens is 3. The Balaban J connectivity index is 1.32. The number of carboxylic acids is 1. The fraction of sp³-hybridized carbons (Fsp3) is 0.257. The lowest BCUT2D eigenvalue weighted by Gasteiger charge is -2.28. The lowest BCUT2D eigenvalue weighted by Crippen LogP contribution is -2.27. The van der Waals surface area contributed by atoms with Gasteiger partial charge in [-0.3, -0.25) is 0 Å². The molecule has 3 aromatic carbocycles. The molecule has 1 saturated heterocycles. The molecule has 1 fully saturated rings. The molecule has 6 rings (SSSR count). The average Bonchev–Trinajstić information content (AvgIpc) is 3.55. The Morgan fingerprint density at radius 3 is 2.61 bits per heavy atom. The van der Waals surface area contributed by atoms with Crippen molar-refractivity contribution in [1.29, 1.82) is 5.26 Å². The molecule has 5 aromatic rings. The SMILES string of the molecule is Cc1cc(Cc2nc3ccc(C(=O)O)cc3n2[C@@H]2COCC2(C)C)c(Cl)cc1-c1ccc(F)c(OCc2ccc(C#N)cc2F)n1. The van der Waals surface area contributed by atoms with Crippen LogP contribution in [0.2, 0.25) is 5.02 Å². The predicted molar refractivity (Wildman–Crippen MR) is 168 cm³/mol. The molecule has 46 heavy (non-hydrogen) atoms. The molecular weight excluding hydrogens is 614 g/mol. The Bertz CT molecular complexity index is 2050. The maximum atomic E-state index is 14.7. The van der Waals surface area contributed by atoms with E-state index in [0.29, 0.717) is 46.9 Å². The normalized spacial score (nSPS) is 15.6. The van der Waals surface area contributed by atoms with Gasteiger partial charge in [0.05, 0.1) is 53.2 Å². The predicted octanol–water partition coefficient (Wildman–Crippen LogP) is 7.68. The number of nitrogens with zero attached hydrogens (tertiary/aromatic N) is 4. The number of hydrogen-bond donors (Lipinski definition) is 1. The van der Waals surface area contributed by atoms with Crippen molar-refractivity contribution in [2.24, 2.45) is 5.41 Å². The van der Waals surface area contributed by atoms with Crippen LogP contribution >= 0.6 is 11.6 Å². The molecule has 11 heteroatoms. The topological polar surface area (TPSA) is 110 Å². The van der Waals surface area contributed by atoms with E-state index in [1.165, 1.54) is 24.3 Å². The first-order valence-electron chi connectivity index (χ1n) is 14.5. The summed E-state index contributed by atoms with van der Waals surface area (Å²) >= 11 is 6.85. The van der Waals surface area contributed by atoms with E-state index in [9.17, 15) is 18.7 Å². The number of aromatic carboxylic acids is 1. The van der Waals surface area contributed by atoms with Gasteiger partial charge in [0.25, 0.3) is 5.88 Å². The van der Waals surface area contributed by atoms with Crippen molar-refractivity contribution in [3.63, 3.8) is 0 Å². The lowest BCUT2D eigenvalue weighted by molar-refractivity contribution is 0.0697. The highest BCUT2D eigenvalue weighted by atomic mass is 35.5. The van der Waals surface area contributed by atoms with Gasteiger partial charge in [-0.2, -0.15) is 5.26 Å². The maximum Gasteiger partial charge on any atom is 0.335 e. The highest BCUT2D eigenvalue weighted by Gasteiger charge is 2.39. The first kappa shape index (κ1) is 31.1. The van der Waals surface area contributed by atoms with E-state index < -0.39 is 17.6 Å². The molecule has 1 N–H and O–H groups in total. The zero-order chi connectivity index (χ0) is 32.7. The highest BCUT2D eigenvalue weighted by molar-refractivity contribution is 6.31. The quantitative estimate of drug-likeness (QED) is 0.185. The van der Waals surface area contributed by atoms with Crippen molar-refractivity contribution in [1.82, 2.24) is 14.5 Å². The summed E-state index contributed by atoms with van der Waals surface area (Å²) in [5.41, 5.74) is 4.37. The second-order valence-electron chi connectivity index (χ2n) is 12.1. The third kappa shape index (κ3) is 5.91. The number of rotatable bonds is 8. The summed E-state index contributed by atoms with van der Waals surface area (Å²) in [6, 6.07) is 17.1. The van der Waals surface area contributed by atoms with Crippen LogP contribution in [0.1, 0.15) is 58.3 Å². The summed E-state index contributed by atoms with van der Waals surface area (Å²) in [5.74, 6) is -1.93. The molecule has 1 aliphatic rings. The number of benzene rings is 3. The Labute approximate surface area is 268 Å². The van der Waals surface area contributed by atoms with Gasteiger partial charge in [-0.1, -0.05) is 37.6 Å². The summed E-state index contributed by atoms with van der Waals surface area (Å²) in [5, 5.41) is 19.0. The first-order chi connectivity index (χ1) is 21.9. The molecule has 0 saturated carbocycles. The second-order valence-corrected chi connectivity index (χ2v) is 12.5. The zero-order valence-electron chi connectivity index (χ0n) is 25.3. The number of aryl methyl sites for hydroxylation is 1. The fourth-order valence-corrected chi connectivity index (χ4v) is 6.04. The summed E-state index contributed by atoms with van der Waals surface area (Å²) in [6.07, 6.45) is 0.366. The van der Waals surface area contributed by atoms with E-state index in [1.54, 1.807) is 24.3 Å². The molecule has 234 valence electrons. The van der Waals surface area contributed by atoms with Gasteiger partial charge >= 0.3 is 5.97 Å². The minimum absolute atomic E-state index is 0.0738. The number of halogens is 3. The summed E-state index contributed by atoms with van der Waals surface area (Å²) in [4.78, 5) is 21.0. The van der Waals surface area contributed by atoms with Gasteiger partial charge in [0.2, 0.25) is 0 Å². The fourth-order valence-electron chi connectivity index (χ4n) is 5.81.